The van der Waals surface area contributed by atoms with Crippen LogP contribution in [0.2, 0.25) is 0 Å². The molecular weight excluding hydrogens is 528 g/mol. The molecule has 0 unspecified atom stereocenters. The van der Waals surface area contributed by atoms with Gasteiger partial charge in [0, 0.05) is 17.2 Å². The maximum absolute atomic E-state index is 13.6. The quantitative estimate of drug-likeness (QED) is 0.178. The van der Waals surface area contributed by atoms with Gasteiger partial charge in [0.2, 0.25) is 0 Å². The Morgan fingerprint density at radius 3 is 2.62 bits per heavy atom. The summed E-state index contributed by atoms with van der Waals surface area (Å²) in [6.07, 6.45) is 9.29. The molecule has 4 aromatic rings. The highest BCUT2D eigenvalue weighted by atomic mass is 16.5. The predicted octanol–water partition coefficient (Wildman–Crippen LogP) is 6.39. The third kappa shape index (κ3) is 6.60. The Bertz CT molecular complexity index is 1670. The van der Waals surface area contributed by atoms with Crippen molar-refractivity contribution in [1.82, 2.24) is 9.66 Å². The van der Waals surface area contributed by atoms with E-state index in [9.17, 15) is 9.59 Å². The molecule has 8 heteroatoms. The van der Waals surface area contributed by atoms with Crippen LogP contribution in [0.4, 0.5) is 5.69 Å². The Balaban J connectivity index is 1.44. The Morgan fingerprint density at radius 1 is 1.12 bits per heavy atom. The van der Waals surface area contributed by atoms with E-state index in [1.165, 1.54) is 11.1 Å². The second kappa shape index (κ2) is 13.3. The molecule has 1 aliphatic rings. The Labute approximate surface area is 245 Å². The minimum atomic E-state index is -0.283. The number of fused-ring (bicyclic) bond motifs is 1. The molecule has 1 amide bonds. The van der Waals surface area contributed by atoms with Crippen molar-refractivity contribution in [2.24, 2.45) is 5.10 Å². The van der Waals surface area contributed by atoms with E-state index in [0.717, 1.165) is 42.4 Å². The second-order valence-corrected chi connectivity index (χ2v) is 10.6. The lowest BCUT2D eigenvalue weighted by Crippen LogP contribution is -2.25. The van der Waals surface area contributed by atoms with Crippen LogP contribution in [-0.2, 0) is 11.2 Å². The highest BCUT2D eigenvalue weighted by Gasteiger charge is 2.22. The lowest BCUT2D eigenvalue weighted by molar-refractivity contribution is -0.118. The molecule has 1 N–H and O–H groups in total. The van der Waals surface area contributed by atoms with Crippen molar-refractivity contribution in [3.05, 3.63) is 106 Å². The fraction of sp³-hybridized carbons (Fsp3) is 0.294. The molecule has 1 heterocycles. The summed E-state index contributed by atoms with van der Waals surface area (Å²) in [5.74, 6) is 1.51. The number of aryl methyl sites for hydroxylation is 1. The second-order valence-electron chi connectivity index (χ2n) is 10.6. The van der Waals surface area contributed by atoms with Crippen LogP contribution in [0.1, 0.15) is 60.5 Å². The summed E-state index contributed by atoms with van der Waals surface area (Å²) < 4.78 is 13.1. The lowest BCUT2D eigenvalue weighted by Gasteiger charge is -2.22. The monoisotopic (exact) mass is 564 g/mol. The maximum Gasteiger partial charge on any atom is 0.282 e. The number of nitrogens with zero attached hydrogens (tertiary/aromatic N) is 3. The van der Waals surface area contributed by atoms with Crippen molar-refractivity contribution in [2.45, 2.75) is 51.4 Å². The van der Waals surface area contributed by atoms with Gasteiger partial charge in [-0.3, -0.25) is 9.59 Å². The SMILES string of the molecule is C=CCc1cc(C=Nn2c(C3CCCCC3)nc3ccccc3c2=O)cc(OC)c1OCC(=O)Nc1ccc(C)cc1. The number of allylic oxidation sites excluding steroid dienone is 1. The van der Waals surface area contributed by atoms with Crippen LogP contribution in [0.15, 0.2) is 83.2 Å². The van der Waals surface area contributed by atoms with Gasteiger partial charge in [-0.15, -0.1) is 6.58 Å². The summed E-state index contributed by atoms with van der Waals surface area (Å²) in [5, 5.41) is 8.04. The average molecular weight is 565 g/mol. The molecule has 0 aliphatic heterocycles. The van der Waals surface area contributed by atoms with Crippen molar-refractivity contribution in [2.75, 3.05) is 19.0 Å². The number of aromatic nitrogens is 2. The van der Waals surface area contributed by atoms with E-state index in [1.807, 2.05) is 55.5 Å². The van der Waals surface area contributed by atoms with Crippen molar-refractivity contribution < 1.29 is 14.3 Å². The number of hydrogen-bond acceptors (Lipinski definition) is 6. The van der Waals surface area contributed by atoms with Gasteiger partial charge in [0.1, 0.15) is 5.82 Å². The predicted molar refractivity (Wildman–Crippen MR) is 167 cm³/mol. The summed E-state index contributed by atoms with van der Waals surface area (Å²) in [4.78, 5) is 31.1. The highest BCUT2D eigenvalue weighted by Crippen LogP contribution is 2.34. The molecule has 5 rings (SSSR count). The maximum atomic E-state index is 13.6. The highest BCUT2D eigenvalue weighted by molar-refractivity contribution is 5.92. The number of hydrogen-bond donors (Lipinski definition) is 1. The molecule has 3 aromatic carbocycles. The molecule has 1 fully saturated rings. The third-order valence-electron chi connectivity index (χ3n) is 7.49. The molecule has 0 radical (unpaired) electrons. The first kappa shape index (κ1) is 28.8. The molecular formula is C34H36N4O4. The number of methoxy groups -OCH3 is 1. The summed E-state index contributed by atoms with van der Waals surface area (Å²) in [6, 6.07) is 18.6. The van der Waals surface area contributed by atoms with Gasteiger partial charge in [0.25, 0.3) is 11.5 Å². The fourth-order valence-corrected chi connectivity index (χ4v) is 5.35. The van der Waals surface area contributed by atoms with E-state index in [2.05, 4.69) is 17.0 Å². The number of amides is 1. The van der Waals surface area contributed by atoms with Gasteiger partial charge in [-0.05, 0) is 68.1 Å². The van der Waals surface area contributed by atoms with Crippen LogP contribution in [0.5, 0.6) is 11.5 Å². The molecule has 8 nitrogen and oxygen atoms in total. The first-order valence-electron chi connectivity index (χ1n) is 14.3. The number of carbonyl (C=O) groups is 1. The van der Waals surface area contributed by atoms with E-state index in [4.69, 9.17) is 14.5 Å². The molecule has 0 atom stereocenters. The molecule has 42 heavy (non-hydrogen) atoms. The number of para-hydroxylation sites is 1. The Kier molecular flexibility index (Phi) is 9.12. The molecule has 0 spiro atoms. The van der Waals surface area contributed by atoms with Crippen LogP contribution < -0.4 is 20.3 Å². The molecule has 1 aromatic heterocycles. The van der Waals surface area contributed by atoms with E-state index < -0.39 is 0 Å². The van der Waals surface area contributed by atoms with Gasteiger partial charge in [-0.1, -0.05) is 55.2 Å². The van der Waals surface area contributed by atoms with E-state index in [0.29, 0.717) is 40.3 Å². The van der Waals surface area contributed by atoms with Crippen LogP contribution in [-0.4, -0.2) is 35.5 Å². The Hall–Kier alpha value is -4.72. The number of anilines is 1. The molecule has 0 saturated heterocycles. The molecule has 1 aliphatic carbocycles. The zero-order valence-corrected chi connectivity index (χ0v) is 24.1. The number of benzene rings is 3. The van der Waals surface area contributed by atoms with Gasteiger partial charge in [0.15, 0.2) is 18.1 Å². The minimum absolute atomic E-state index is 0.181. The zero-order valence-electron chi connectivity index (χ0n) is 24.1. The summed E-state index contributed by atoms with van der Waals surface area (Å²) in [7, 11) is 1.55. The third-order valence-corrected chi connectivity index (χ3v) is 7.49. The van der Waals surface area contributed by atoms with Crippen LogP contribution in [0, 0.1) is 6.92 Å². The number of ether oxygens (including phenoxy) is 2. The molecule has 0 bridgehead atoms. The summed E-state index contributed by atoms with van der Waals surface area (Å²) >= 11 is 0. The molecule has 1 saturated carbocycles. The molecule has 216 valence electrons. The lowest BCUT2D eigenvalue weighted by atomic mass is 9.88. The minimum Gasteiger partial charge on any atom is -0.493 e. The summed E-state index contributed by atoms with van der Waals surface area (Å²) in [6.45, 7) is 5.67. The van der Waals surface area contributed by atoms with Crippen LogP contribution in [0.25, 0.3) is 10.9 Å². The van der Waals surface area contributed by atoms with Gasteiger partial charge >= 0.3 is 0 Å². The van der Waals surface area contributed by atoms with Crippen molar-refractivity contribution in [3.8, 4) is 11.5 Å². The summed E-state index contributed by atoms with van der Waals surface area (Å²) in [5.41, 5.74) is 3.82. The van der Waals surface area contributed by atoms with Crippen molar-refractivity contribution in [1.29, 1.82) is 0 Å². The van der Waals surface area contributed by atoms with Crippen molar-refractivity contribution >= 4 is 28.7 Å². The van der Waals surface area contributed by atoms with Gasteiger partial charge in [-0.2, -0.15) is 9.78 Å². The smallest absolute Gasteiger partial charge is 0.282 e. The van der Waals surface area contributed by atoms with Gasteiger partial charge in [-0.25, -0.2) is 4.98 Å². The van der Waals surface area contributed by atoms with E-state index in [1.54, 1.807) is 31.5 Å². The van der Waals surface area contributed by atoms with E-state index >= 15 is 0 Å². The fourth-order valence-electron chi connectivity index (χ4n) is 5.35. The standard InChI is InChI=1S/C34H36N4O4/c1-4-10-26-19-24(20-30(41-3)32(26)42-22-31(39)36-27-17-15-23(2)16-18-27)21-35-38-33(25-11-6-5-7-12-25)37-29-14-9-8-13-28(29)34(38)40/h4,8-9,13-21,25H,1,5-7,10-12,22H2,2-3H3,(H,36,39). The van der Waals surface area contributed by atoms with Gasteiger partial charge < -0.3 is 14.8 Å². The zero-order chi connectivity index (χ0) is 29.5. The Morgan fingerprint density at radius 2 is 1.88 bits per heavy atom. The van der Waals surface area contributed by atoms with Gasteiger partial charge in [0.05, 0.1) is 24.2 Å². The number of rotatable bonds is 10. The number of nitrogens with one attached hydrogen (secondary N) is 1. The van der Waals surface area contributed by atoms with Crippen LogP contribution >= 0.6 is 0 Å². The van der Waals surface area contributed by atoms with E-state index in [-0.39, 0.29) is 24.0 Å². The largest absolute Gasteiger partial charge is 0.493 e. The first-order chi connectivity index (χ1) is 20.5. The first-order valence-corrected chi connectivity index (χ1v) is 14.3. The average Bonchev–Trinajstić information content (AvgIpc) is 3.01. The number of carbonyl (C=O) groups excluding carboxylic acids is 1. The normalized spacial score (nSPS) is 13.8. The van der Waals surface area contributed by atoms with Crippen molar-refractivity contribution in [3.63, 3.8) is 0 Å². The topological polar surface area (TPSA) is 94.8 Å². The van der Waals surface area contributed by atoms with Crippen LogP contribution in [0.3, 0.4) is 0 Å².